The van der Waals surface area contributed by atoms with E-state index in [0.717, 1.165) is 31.3 Å². The summed E-state index contributed by atoms with van der Waals surface area (Å²) in [7, 11) is 1.00. The second-order valence-electron chi connectivity index (χ2n) is 10.0. The van der Waals surface area contributed by atoms with E-state index in [-0.39, 0.29) is 0 Å². The molecule has 0 aliphatic carbocycles. The summed E-state index contributed by atoms with van der Waals surface area (Å²) in [5.41, 5.74) is 13.0. The van der Waals surface area contributed by atoms with Gasteiger partial charge in [-0.3, -0.25) is 4.98 Å². The highest BCUT2D eigenvalue weighted by Gasteiger charge is 2.23. The number of aliphatic hydroxyl groups is 2. The first kappa shape index (κ1) is 32.4. The molecular weight excluding hydrogens is 476 g/mol. The van der Waals surface area contributed by atoms with Crippen LogP contribution in [-0.4, -0.2) is 34.2 Å². The molecule has 0 bridgehead atoms. The molecular formula is C32H46N2O2S. The monoisotopic (exact) mass is 522 g/mol. The fourth-order valence-corrected chi connectivity index (χ4v) is 4.65. The van der Waals surface area contributed by atoms with E-state index in [1.165, 1.54) is 50.2 Å². The lowest BCUT2D eigenvalue weighted by Crippen LogP contribution is -2.10. The van der Waals surface area contributed by atoms with Gasteiger partial charge in [-0.05, 0) is 101 Å². The molecule has 0 spiro atoms. The van der Waals surface area contributed by atoms with Crippen LogP contribution in [0.1, 0.15) is 61.2 Å². The normalized spacial score (nSPS) is 10.6. The Kier molecular flexibility index (Phi) is 13.1. The lowest BCUT2D eigenvalue weighted by molar-refractivity contribution is 0.102. The van der Waals surface area contributed by atoms with E-state index < -0.39 is 5.60 Å². The van der Waals surface area contributed by atoms with Crippen LogP contribution < -0.4 is 4.72 Å². The Balaban J connectivity index is 0.000000874. The van der Waals surface area contributed by atoms with Crippen LogP contribution >= 0.6 is 11.9 Å². The van der Waals surface area contributed by atoms with Crippen molar-refractivity contribution in [2.75, 3.05) is 18.1 Å². The first-order valence-electron chi connectivity index (χ1n) is 12.7. The number of aromatic nitrogens is 1. The van der Waals surface area contributed by atoms with Crippen molar-refractivity contribution in [2.24, 2.45) is 0 Å². The molecule has 1 aromatic heterocycles. The minimum atomic E-state index is -0.500. The van der Waals surface area contributed by atoms with E-state index in [0.29, 0.717) is 0 Å². The number of nitrogens with zero attached hydrogens (tertiary/aromatic N) is 1. The summed E-state index contributed by atoms with van der Waals surface area (Å²) in [5.74, 6) is 0. The van der Waals surface area contributed by atoms with Crippen LogP contribution in [0.5, 0.6) is 0 Å². The number of pyridine rings is 1. The lowest BCUT2D eigenvalue weighted by Gasteiger charge is -2.25. The minimum Gasteiger partial charge on any atom is -0.400 e. The highest BCUT2D eigenvalue weighted by Crippen LogP contribution is 2.44. The Morgan fingerprint density at radius 1 is 0.946 bits per heavy atom. The largest absolute Gasteiger partial charge is 0.400 e. The van der Waals surface area contributed by atoms with Crippen LogP contribution in [0.15, 0.2) is 49.1 Å². The molecule has 0 saturated heterocycles. The summed E-state index contributed by atoms with van der Waals surface area (Å²) in [4.78, 5) is 5.01. The first-order chi connectivity index (χ1) is 17.4. The molecule has 4 nitrogen and oxygen atoms in total. The number of nitrogens with one attached hydrogen (secondary N) is 1. The van der Waals surface area contributed by atoms with E-state index in [1.54, 1.807) is 32.7 Å². The molecule has 3 rings (SSSR count). The summed E-state index contributed by atoms with van der Waals surface area (Å²) in [5, 5.41) is 15.5. The second kappa shape index (κ2) is 15.0. The maximum atomic E-state index is 8.52. The molecule has 37 heavy (non-hydrogen) atoms. The molecule has 0 amide bonds. The Bertz CT molecular complexity index is 1160. The fourth-order valence-electron chi connectivity index (χ4n) is 4.19. The van der Waals surface area contributed by atoms with Gasteiger partial charge in [-0.2, -0.15) is 0 Å². The molecule has 3 N–H and O–H groups in total. The van der Waals surface area contributed by atoms with Crippen LogP contribution in [0, 0.1) is 27.7 Å². The standard InChI is InChI=1S/C27H32N2S.C4H10O.CH4O/c1-8-10-23-19(5)26(29-30-7)25(27-21(9-2)16-13-18(4)28-27)20(6)24(23)22-14-11-17(3)12-15-22;1-4(2,3)5;1-2/h8,11-16,29H,1,9-10H2,2-7H3;5H,1-3H3;2H,1H3. The average molecular weight is 523 g/mol. The number of anilines is 1. The lowest BCUT2D eigenvalue weighted by atomic mass is 9.83. The van der Waals surface area contributed by atoms with Gasteiger partial charge in [0.15, 0.2) is 0 Å². The van der Waals surface area contributed by atoms with Crippen LogP contribution in [0.25, 0.3) is 22.4 Å². The van der Waals surface area contributed by atoms with Crippen molar-refractivity contribution in [3.05, 3.63) is 82.6 Å². The van der Waals surface area contributed by atoms with Gasteiger partial charge in [0.25, 0.3) is 0 Å². The molecule has 3 aromatic rings. The SMILES string of the molecule is C=CCc1c(C)c(NSC)c(-c2nc(C)ccc2CC)c(C)c1-c1ccc(C)cc1.CC(C)(C)O.CO. The van der Waals surface area contributed by atoms with Crippen molar-refractivity contribution in [3.8, 4) is 22.4 Å². The number of hydrogen-bond donors (Lipinski definition) is 3. The minimum absolute atomic E-state index is 0.500. The van der Waals surface area contributed by atoms with Gasteiger partial charge in [0.2, 0.25) is 0 Å². The zero-order chi connectivity index (χ0) is 28.3. The summed E-state index contributed by atoms with van der Waals surface area (Å²) < 4.78 is 3.58. The van der Waals surface area contributed by atoms with Crippen molar-refractivity contribution in [3.63, 3.8) is 0 Å². The Morgan fingerprint density at radius 3 is 2.00 bits per heavy atom. The van der Waals surface area contributed by atoms with Gasteiger partial charge in [0.05, 0.1) is 17.0 Å². The highest BCUT2D eigenvalue weighted by atomic mass is 32.2. The Morgan fingerprint density at radius 2 is 1.51 bits per heavy atom. The van der Waals surface area contributed by atoms with Gasteiger partial charge in [0.1, 0.15) is 0 Å². The third kappa shape index (κ3) is 9.03. The van der Waals surface area contributed by atoms with Gasteiger partial charge < -0.3 is 14.9 Å². The topological polar surface area (TPSA) is 65.4 Å². The number of aliphatic hydroxyl groups excluding tert-OH is 1. The van der Waals surface area contributed by atoms with Crippen molar-refractivity contribution in [1.29, 1.82) is 0 Å². The van der Waals surface area contributed by atoms with E-state index in [4.69, 9.17) is 15.2 Å². The molecule has 0 fully saturated rings. The summed E-state index contributed by atoms with van der Waals surface area (Å²) in [6.45, 7) is 20.1. The van der Waals surface area contributed by atoms with Crippen LogP contribution in [0.4, 0.5) is 5.69 Å². The predicted molar refractivity (Wildman–Crippen MR) is 165 cm³/mol. The van der Waals surface area contributed by atoms with Crippen molar-refractivity contribution in [1.82, 2.24) is 4.98 Å². The Labute approximate surface area is 229 Å². The third-order valence-corrected chi connectivity index (χ3v) is 6.17. The summed E-state index contributed by atoms with van der Waals surface area (Å²) in [6.07, 6.45) is 5.86. The van der Waals surface area contributed by atoms with E-state index in [9.17, 15) is 0 Å². The van der Waals surface area contributed by atoms with Crippen LogP contribution in [0.2, 0.25) is 0 Å². The zero-order valence-electron chi connectivity index (χ0n) is 24.4. The molecule has 1 heterocycles. The average Bonchev–Trinajstić information content (AvgIpc) is 2.84. The van der Waals surface area contributed by atoms with Crippen molar-refractivity contribution >= 4 is 17.6 Å². The van der Waals surface area contributed by atoms with E-state index in [2.05, 4.69) is 88.6 Å². The molecule has 2 aromatic carbocycles. The van der Waals surface area contributed by atoms with Crippen molar-refractivity contribution in [2.45, 2.75) is 73.8 Å². The molecule has 0 aliphatic heterocycles. The maximum absolute atomic E-state index is 8.52. The smallest absolute Gasteiger partial charge is 0.0761 e. The van der Waals surface area contributed by atoms with Gasteiger partial charge in [-0.25, -0.2) is 0 Å². The molecule has 0 saturated carbocycles. The molecule has 0 atom stereocenters. The van der Waals surface area contributed by atoms with E-state index in [1.807, 2.05) is 6.08 Å². The summed E-state index contributed by atoms with van der Waals surface area (Å²) in [6, 6.07) is 13.2. The van der Waals surface area contributed by atoms with E-state index >= 15 is 0 Å². The molecule has 202 valence electrons. The molecule has 0 radical (unpaired) electrons. The number of benzene rings is 2. The van der Waals surface area contributed by atoms with Gasteiger partial charge in [0, 0.05) is 24.6 Å². The number of rotatable bonds is 7. The van der Waals surface area contributed by atoms with Crippen LogP contribution in [0.3, 0.4) is 0 Å². The van der Waals surface area contributed by atoms with Gasteiger partial charge >= 0.3 is 0 Å². The fraction of sp³-hybridized carbons (Fsp3) is 0.406. The zero-order valence-corrected chi connectivity index (χ0v) is 25.2. The number of hydrogen-bond acceptors (Lipinski definition) is 5. The quantitative estimate of drug-likeness (QED) is 0.217. The summed E-state index contributed by atoms with van der Waals surface area (Å²) >= 11 is 1.63. The number of aryl methyl sites for hydroxylation is 3. The second-order valence-corrected chi connectivity index (χ2v) is 10.6. The highest BCUT2D eigenvalue weighted by molar-refractivity contribution is 7.99. The first-order valence-corrected chi connectivity index (χ1v) is 13.9. The van der Waals surface area contributed by atoms with Crippen LogP contribution in [-0.2, 0) is 12.8 Å². The molecule has 5 heteroatoms. The number of allylic oxidation sites excluding steroid dienone is 1. The molecule has 0 aliphatic rings. The third-order valence-electron chi connectivity index (χ3n) is 5.76. The van der Waals surface area contributed by atoms with Crippen molar-refractivity contribution < 1.29 is 10.2 Å². The maximum Gasteiger partial charge on any atom is 0.0761 e. The molecule has 0 unspecified atom stereocenters. The Hall–Kier alpha value is -2.60. The predicted octanol–water partition coefficient (Wildman–Crippen LogP) is 8.02. The van der Waals surface area contributed by atoms with Gasteiger partial charge in [-0.15, -0.1) is 6.58 Å². The van der Waals surface area contributed by atoms with Gasteiger partial charge in [-0.1, -0.05) is 60.8 Å².